The van der Waals surface area contributed by atoms with Crippen LogP contribution in [0.25, 0.3) is 0 Å². The summed E-state index contributed by atoms with van der Waals surface area (Å²) >= 11 is 0. The third kappa shape index (κ3) is 1.25. The summed E-state index contributed by atoms with van der Waals surface area (Å²) in [7, 11) is 0. The van der Waals surface area contributed by atoms with E-state index in [1.54, 1.807) is 0 Å². The molecule has 0 heterocycles. The Morgan fingerprint density at radius 3 is 2.56 bits per heavy atom. The molecular weight excluding hydrogens is 112 g/mol. The molecule has 50 valence electrons. The fourth-order valence-electron chi connectivity index (χ4n) is 1.08. The number of hydrogen-bond acceptors (Lipinski definition) is 1. The zero-order valence-electron chi connectivity index (χ0n) is 5.89. The predicted molar refractivity (Wildman–Crippen MR) is 36.7 cm³/mol. The van der Waals surface area contributed by atoms with Crippen LogP contribution < -0.4 is 0 Å². The Hall–Kier alpha value is -0.480. The minimum atomic E-state index is -0.203. The lowest BCUT2D eigenvalue weighted by Crippen LogP contribution is -2.26. The fourth-order valence-corrected chi connectivity index (χ4v) is 1.08. The van der Waals surface area contributed by atoms with Crippen LogP contribution in [0.4, 0.5) is 0 Å². The van der Waals surface area contributed by atoms with Crippen molar-refractivity contribution in [1.29, 1.82) is 0 Å². The van der Waals surface area contributed by atoms with Crippen molar-refractivity contribution < 1.29 is 5.11 Å². The van der Waals surface area contributed by atoms with E-state index in [-0.39, 0.29) is 12.0 Å². The van der Waals surface area contributed by atoms with Crippen molar-refractivity contribution in [2.45, 2.75) is 26.4 Å². The zero-order chi connectivity index (χ0) is 6.85. The molecule has 0 fully saturated rings. The van der Waals surface area contributed by atoms with Gasteiger partial charge in [0.2, 0.25) is 0 Å². The molecule has 1 N–H and O–H groups in total. The summed E-state index contributed by atoms with van der Waals surface area (Å²) in [6.07, 6.45) is 0.650. The van der Waals surface area contributed by atoms with E-state index in [1.165, 1.54) is 0 Å². The molecule has 1 heteroatoms. The summed E-state index contributed by atoms with van der Waals surface area (Å²) in [6, 6.07) is 0. The molecule has 9 heavy (non-hydrogen) atoms. The second-order valence-corrected chi connectivity index (χ2v) is 2.78. The SMILES string of the molecule is CC1C#CCC(C)C1O. The topological polar surface area (TPSA) is 20.2 Å². The Bertz CT molecular complexity index is 152. The molecule has 0 bridgehead atoms. The summed E-state index contributed by atoms with van der Waals surface area (Å²) < 4.78 is 0. The molecule has 1 aliphatic carbocycles. The van der Waals surface area contributed by atoms with Crippen LogP contribution in [0.15, 0.2) is 0 Å². The van der Waals surface area contributed by atoms with Gasteiger partial charge in [-0.15, -0.1) is 5.92 Å². The van der Waals surface area contributed by atoms with Crippen molar-refractivity contribution in [3.8, 4) is 11.8 Å². The first-order valence-electron chi connectivity index (χ1n) is 3.38. The molecule has 1 nitrogen and oxygen atoms in total. The summed E-state index contributed by atoms with van der Waals surface area (Å²) in [5, 5.41) is 9.34. The predicted octanol–water partition coefficient (Wildman–Crippen LogP) is 1.03. The minimum absolute atomic E-state index is 0.175. The molecular formula is C8H12O. The maximum atomic E-state index is 9.34. The van der Waals surface area contributed by atoms with Gasteiger partial charge in [-0.2, -0.15) is 0 Å². The first-order chi connectivity index (χ1) is 4.22. The van der Waals surface area contributed by atoms with Gasteiger partial charge in [-0.25, -0.2) is 0 Å². The molecule has 0 aromatic heterocycles. The van der Waals surface area contributed by atoms with Crippen molar-refractivity contribution in [3.63, 3.8) is 0 Å². The van der Waals surface area contributed by atoms with E-state index in [0.29, 0.717) is 5.92 Å². The van der Waals surface area contributed by atoms with Crippen LogP contribution in [0.5, 0.6) is 0 Å². The van der Waals surface area contributed by atoms with Gasteiger partial charge in [0.15, 0.2) is 0 Å². The fraction of sp³-hybridized carbons (Fsp3) is 0.750. The van der Waals surface area contributed by atoms with Crippen LogP contribution >= 0.6 is 0 Å². The first kappa shape index (κ1) is 6.64. The van der Waals surface area contributed by atoms with Crippen molar-refractivity contribution in [2.24, 2.45) is 11.8 Å². The summed E-state index contributed by atoms with van der Waals surface area (Å²) in [5.74, 6) is 6.50. The highest BCUT2D eigenvalue weighted by molar-refractivity contribution is 5.10. The van der Waals surface area contributed by atoms with Crippen LogP contribution in [0, 0.1) is 23.7 Å². The Morgan fingerprint density at radius 2 is 2.11 bits per heavy atom. The average Bonchev–Trinajstić information content (AvgIpc) is 1.83. The van der Waals surface area contributed by atoms with Gasteiger partial charge in [0, 0.05) is 12.3 Å². The Kier molecular flexibility index (Phi) is 1.78. The maximum Gasteiger partial charge on any atom is 0.0709 e. The number of aliphatic hydroxyl groups excluding tert-OH is 1. The Morgan fingerprint density at radius 1 is 1.44 bits per heavy atom. The molecule has 3 atom stereocenters. The summed E-state index contributed by atoms with van der Waals surface area (Å²) in [5.41, 5.74) is 0. The molecule has 1 rings (SSSR count). The van der Waals surface area contributed by atoms with Crippen LogP contribution in [-0.4, -0.2) is 11.2 Å². The number of hydrogen-bond donors (Lipinski definition) is 1. The van der Waals surface area contributed by atoms with Crippen molar-refractivity contribution >= 4 is 0 Å². The van der Waals surface area contributed by atoms with Crippen LogP contribution in [-0.2, 0) is 0 Å². The van der Waals surface area contributed by atoms with Crippen LogP contribution in [0.3, 0.4) is 0 Å². The standard InChI is InChI=1S/C8H12O/c1-6-4-3-5-7(2)8(6)9/h6-9H,4H2,1-2H3. The van der Waals surface area contributed by atoms with Gasteiger partial charge >= 0.3 is 0 Å². The van der Waals surface area contributed by atoms with Gasteiger partial charge in [0.05, 0.1) is 6.10 Å². The zero-order valence-corrected chi connectivity index (χ0v) is 5.89. The Balaban J connectivity index is 2.64. The van der Waals surface area contributed by atoms with Gasteiger partial charge in [0.1, 0.15) is 0 Å². The minimum Gasteiger partial charge on any atom is -0.392 e. The summed E-state index contributed by atoms with van der Waals surface area (Å²) in [4.78, 5) is 0. The normalized spacial score (nSPS) is 41.4. The highest BCUT2D eigenvalue weighted by atomic mass is 16.3. The highest BCUT2D eigenvalue weighted by Crippen LogP contribution is 2.18. The molecule has 0 amide bonds. The van der Waals surface area contributed by atoms with E-state index in [1.807, 2.05) is 13.8 Å². The van der Waals surface area contributed by atoms with Crippen LogP contribution in [0.2, 0.25) is 0 Å². The molecule has 0 aromatic rings. The van der Waals surface area contributed by atoms with Crippen molar-refractivity contribution in [3.05, 3.63) is 0 Å². The van der Waals surface area contributed by atoms with E-state index in [4.69, 9.17) is 0 Å². The van der Waals surface area contributed by atoms with E-state index < -0.39 is 0 Å². The maximum absolute atomic E-state index is 9.34. The number of aliphatic hydroxyl groups is 1. The molecule has 0 saturated heterocycles. The van der Waals surface area contributed by atoms with Gasteiger partial charge in [-0.1, -0.05) is 12.8 Å². The second kappa shape index (κ2) is 2.41. The molecule has 0 aromatic carbocycles. The number of rotatable bonds is 0. The molecule has 1 aliphatic rings. The van der Waals surface area contributed by atoms with Crippen LogP contribution in [0.1, 0.15) is 20.3 Å². The van der Waals surface area contributed by atoms with E-state index >= 15 is 0 Å². The molecule has 0 radical (unpaired) electrons. The lowest BCUT2D eigenvalue weighted by atomic mass is 9.88. The van der Waals surface area contributed by atoms with Gasteiger partial charge in [0.25, 0.3) is 0 Å². The lowest BCUT2D eigenvalue weighted by molar-refractivity contribution is 0.0846. The third-order valence-electron chi connectivity index (χ3n) is 1.85. The van der Waals surface area contributed by atoms with E-state index in [2.05, 4.69) is 11.8 Å². The third-order valence-corrected chi connectivity index (χ3v) is 1.85. The van der Waals surface area contributed by atoms with Crippen molar-refractivity contribution in [1.82, 2.24) is 0 Å². The van der Waals surface area contributed by atoms with Gasteiger partial charge in [-0.05, 0) is 12.8 Å². The average molecular weight is 124 g/mol. The molecule has 3 unspecified atom stereocenters. The van der Waals surface area contributed by atoms with E-state index in [9.17, 15) is 5.11 Å². The second-order valence-electron chi connectivity index (χ2n) is 2.78. The largest absolute Gasteiger partial charge is 0.392 e. The molecule has 0 saturated carbocycles. The highest BCUT2D eigenvalue weighted by Gasteiger charge is 2.21. The molecule has 0 spiro atoms. The van der Waals surface area contributed by atoms with Crippen molar-refractivity contribution in [2.75, 3.05) is 0 Å². The summed E-state index contributed by atoms with van der Waals surface area (Å²) in [6.45, 7) is 4.00. The smallest absolute Gasteiger partial charge is 0.0709 e. The van der Waals surface area contributed by atoms with E-state index in [0.717, 1.165) is 6.42 Å². The van der Waals surface area contributed by atoms with Gasteiger partial charge < -0.3 is 5.11 Å². The lowest BCUT2D eigenvalue weighted by Gasteiger charge is -2.22. The quantitative estimate of drug-likeness (QED) is 0.478. The molecule has 0 aliphatic heterocycles. The Labute approximate surface area is 56.1 Å². The van der Waals surface area contributed by atoms with Gasteiger partial charge in [-0.3, -0.25) is 0 Å². The monoisotopic (exact) mass is 124 g/mol. The first-order valence-corrected chi connectivity index (χ1v) is 3.38.